The van der Waals surface area contributed by atoms with Crippen LogP contribution in [0.25, 0.3) is 0 Å². The van der Waals surface area contributed by atoms with Gasteiger partial charge >= 0.3 is 0 Å². The molecule has 1 N–H and O–H groups in total. The zero-order valence-corrected chi connectivity index (χ0v) is 7.84. The van der Waals surface area contributed by atoms with Crippen molar-refractivity contribution in [2.45, 2.75) is 38.4 Å². The first kappa shape index (κ1) is 10.1. The summed E-state index contributed by atoms with van der Waals surface area (Å²) in [6, 6.07) is 0. The average Bonchev–Trinajstić information content (AvgIpc) is 2.90. The SMILES string of the molecule is CCCCC#CC#CC1OC1CO. The fourth-order valence-electron chi connectivity index (χ4n) is 0.888. The number of hydrogen-bond acceptors (Lipinski definition) is 2. The number of ether oxygens (including phenoxy) is 1. The van der Waals surface area contributed by atoms with Crippen LogP contribution in [0.5, 0.6) is 0 Å². The van der Waals surface area contributed by atoms with Crippen LogP contribution >= 0.6 is 0 Å². The fraction of sp³-hybridized carbons (Fsp3) is 0.636. The van der Waals surface area contributed by atoms with Crippen molar-refractivity contribution >= 4 is 0 Å². The van der Waals surface area contributed by atoms with Crippen LogP contribution in [0.1, 0.15) is 26.2 Å². The van der Waals surface area contributed by atoms with Gasteiger partial charge in [0.15, 0.2) is 0 Å². The van der Waals surface area contributed by atoms with E-state index in [2.05, 4.69) is 30.6 Å². The summed E-state index contributed by atoms with van der Waals surface area (Å²) < 4.78 is 5.00. The minimum atomic E-state index is -0.0783. The van der Waals surface area contributed by atoms with Crippen LogP contribution in [0.15, 0.2) is 0 Å². The molecule has 0 radical (unpaired) electrons. The van der Waals surface area contributed by atoms with Gasteiger partial charge in [-0.2, -0.15) is 0 Å². The summed E-state index contributed by atoms with van der Waals surface area (Å²) in [6.07, 6.45) is 3.07. The van der Waals surface area contributed by atoms with Gasteiger partial charge in [0.1, 0.15) is 12.2 Å². The standard InChI is InChI=1S/C11H14O2/c1-2-3-4-5-6-7-8-10-11(9-12)13-10/h10-12H,2-4,9H2,1H3. The molecule has 1 aliphatic rings. The Kier molecular flexibility index (Phi) is 4.40. The van der Waals surface area contributed by atoms with E-state index >= 15 is 0 Å². The molecular weight excluding hydrogens is 164 g/mol. The lowest BCUT2D eigenvalue weighted by Gasteiger charge is -1.80. The summed E-state index contributed by atoms with van der Waals surface area (Å²) in [6.45, 7) is 2.19. The minimum absolute atomic E-state index is 0.0581. The summed E-state index contributed by atoms with van der Waals surface area (Å²) >= 11 is 0. The van der Waals surface area contributed by atoms with Gasteiger partial charge in [0, 0.05) is 6.42 Å². The highest BCUT2D eigenvalue weighted by Crippen LogP contribution is 2.19. The zero-order valence-electron chi connectivity index (χ0n) is 7.84. The molecule has 13 heavy (non-hydrogen) atoms. The van der Waals surface area contributed by atoms with E-state index in [1.807, 2.05) is 0 Å². The molecule has 1 fully saturated rings. The minimum Gasteiger partial charge on any atom is -0.394 e. The van der Waals surface area contributed by atoms with E-state index < -0.39 is 0 Å². The van der Waals surface area contributed by atoms with Gasteiger partial charge in [-0.25, -0.2) is 0 Å². The maximum absolute atomic E-state index is 8.62. The Morgan fingerprint density at radius 3 is 2.85 bits per heavy atom. The highest BCUT2D eigenvalue weighted by atomic mass is 16.6. The van der Waals surface area contributed by atoms with Crippen LogP contribution in [-0.4, -0.2) is 23.9 Å². The predicted molar refractivity (Wildman–Crippen MR) is 50.8 cm³/mol. The molecule has 1 heterocycles. The van der Waals surface area contributed by atoms with Gasteiger partial charge in [0.25, 0.3) is 0 Å². The number of rotatable bonds is 3. The van der Waals surface area contributed by atoms with Crippen molar-refractivity contribution in [1.29, 1.82) is 0 Å². The van der Waals surface area contributed by atoms with E-state index in [4.69, 9.17) is 9.84 Å². The number of hydrogen-bond donors (Lipinski definition) is 1. The van der Waals surface area contributed by atoms with Crippen molar-refractivity contribution in [2.24, 2.45) is 0 Å². The second-order valence-electron chi connectivity index (χ2n) is 2.95. The molecule has 1 aliphatic heterocycles. The molecule has 0 spiro atoms. The van der Waals surface area contributed by atoms with Gasteiger partial charge < -0.3 is 9.84 Å². The molecule has 0 aliphatic carbocycles. The molecule has 2 heteroatoms. The summed E-state index contributed by atoms with van der Waals surface area (Å²) in [5, 5.41) is 8.62. The van der Waals surface area contributed by atoms with Crippen molar-refractivity contribution in [3.8, 4) is 23.7 Å². The van der Waals surface area contributed by atoms with Crippen LogP contribution in [0, 0.1) is 23.7 Å². The molecular formula is C11H14O2. The lowest BCUT2D eigenvalue weighted by molar-refractivity contribution is 0.243. The van der Waals surface area contributed by atoms with Gasteiger partial charge in [-0.3, -0.25) is 0 Å². The third-order valence-corrected chi connectivity index (χ3v) is 1.78. The Balaban J connectivity index is 2.13. The number of aliphatic hydroxyl groups is 1. The summed E-state index contributed by atoms with van der Waals surface area (Å²) in [5.41, 5.74) is 0. The normalized spacial score (nSPS) is 23.8. The molecule has 2 atom stereocenters. The van der Waals surface area contributed by atoms with E-state index in [9.17, 15) is 0 Å². The van der Waals surface area contributed by atoms with E-state index in [0.29, 0.717) is 0 Å². The molecule has 2 unspecified atom stereocenters. The molecule has 1 saturated heterocycles. The molecule has 1 rings (SSSR count). The monoisotopic (exact) mass is 178 g/mol. The highest BCUT2D eigenvalue weighted by molar-refractivity contribution is 5.29. The van der Waals surface area contributed by atoms with Crippen LogP contribution in [-0.2, 0) is 4.74 Å². The van der Waals surface area contributed by atoms with Crippen molar-refractivity contribution < 1.29 is 9.84 Å². The van der Waals surface area contributed by atoms with E-state index in [1.54, 1.807) is 0 Å². The Bertz CT molecular complexity index is 261. The number of epoxide rings is 1. The topological polar surface area (TPSA) is 32.8 Å². The van der Waals surface area contributed by atoms with Crippen LogP contribution in [0.3, 0.4) is 0 Å². The average molecular weight is 178 g/mol. The van der Waals surface area contributed by atoms with Crippen molar-refractivity contribution in [2.75, 3.05) is 6.61 Å². The van der Waals surface area contributed by atoms with Gasteiger partial charge in [0.2, 0.25) is 0 Å². The van der Waals surface area contributed by atoms with Crippen LogP contribution < -0.4 is 0 Å². The van der Waals surface area contributed by atoms with Crippen LogP contribution in [0.4, 0.5) is 0 Å². The summed E-state index contributed by atoms with van der Waals surface area (Å²) in [4.78, 5) is 0. The van der Waals surface area contributed by atoms with E-state index in [1.165, 1.54) is 6.42 Å². The van der Waals surface area contributed by atoms with Gasteiger partial charge in [0.05, 0.1) is 6.61 Å². The molecule has 2 nitrogen and oxygen atoms in total. The zero-order chi connectivity index (χ0) is 9.52. The smallest absolute Gasteiger partial charge is 0.148 e. The first-order valence-corrected chi connectivity index (χ1v) is 4.63. The molecule has 0 saturated carbocycles. The second-order valence-corrected chi connectivity index (χ2v) is 2.95. The first-order chi connectivity index (χ1) is 6.38. The third-order valence-electron chi connectivity index (χ3n) is 1.78. The highest BCUT2D eigenvalue weighted by Gasteiger charge is 2.36. The maximum Gasteiger partial charge on any atom is 0.148 e. The van der Waals surface area contributed by atoms with Gasteiger partial charge in [-0.05, 0) is 18.3 Å². The van der Waals surface area contributed by atoms with Gasteiger partial charge in [-0.15, -0.1) is 0 Å². The lowest BCUT2D eigenvalue weighted by atomic mass is 10.2. The molecule has 0 aromatic heterocycles. The van der Waals surface area contributed by atoms with Crippen molar-refractivity contribution in [3.05, 3.63) is 0 Å². The summed E-state index contributed by atoms with van der Waals surface area (Å²) in [5.74, 6) is 11.3. The number of aliphatic hydroxyl groups excluding tert-OH is 1. The maximum atomic E-state index is 8.62. The Hall–Kier alpha value is -0.960. The van der Waals surface area contributed by atoms with Crippen molar-refractivity contribution in [1.82, 2.24) is 0 Å². The van der Waals surface area contributed by atoms with Crippen LogP contribution in [0.2, 0.25) is 0 Å². The molecule has 0 bridgehead atoms. The van der Waals surface area contributed by atoms with Gasteiger partial charge in [-0.1, -0.05) is 25.2 Å². The molecule has 0 amide bonds. The largest absolute Gasteiger partial charge is 0.394 e. The first-order valence-electron chi connectivity index (χ1n) is 4.63. The molecule has 0 aromatic carbocycles. The number of unbranched alkanes of at least 4 members (excludes halogenated alkanes) is 2. The second kappa shape index (κ2) is 5.65. The fourth-order valence-corrected chi connectivity index (χ4v) is 0.888. The predicted octanol–water partition coefficient (Wildman–Crippen LogP) is 0.943. The lowest BCUT2D eigenvalue weighted by Crippen LogP contribution is -1.95. The van der Waals surface area contributed by atoms with Crippen molar-refractivity contribution in [3.63, 3.8) is 0 Å². The van der Waals surface area contributed by atoms with E-state index in [0.717, 1.165) is 12.8 Å². The Morgan fingerprint density at radius 2 is 2.23 bits per heavy atom. The van der Waals surface area contributed by atoms with E-state index in [-0.39, 0.29) is 18.8 Å². The molecule has 70 valence electrons. The summed E-state index contributed by atoms with van der Waals surface area (Å²) in [7, 11) is 0. The quantitative estimate of drug-likeness (QED) is 0.396. The Morgan fingerprint density at radius 1 is 1.38 bits per heavy atom. The Labute approximate surface area is 79.3 Å². The molecule has 0 aromatic rings. The third kappa shape index (κ3) is 3.99.